The summed E-state index contributed by atoms with van der Waals surface area (Å²) in [4.78, 5) is 32.0. The fourth-order valence-electron chi connectivity index (χ4n) is 5.29. The van der Waals surface area contributed by atoms with Gasteiger partial charge in [-0.15, -0.1) is 0 Å². The average Bonchev–Trinajstić information content (AvgIpc) is 3.50. The Labute approximate surface area is 208 Å². The molecule has 0 fully saturated rings. The molecule has 1 aliphatic rings. The monoisotopic (exact) mass is 474 g/mol. The Morgan fingerprint density at radius 1 is 1.03 bits per heavy atom. The summed E-state index contributed by atoms with van der Waals surface area (Å²) in [6, 6.07) is 16.0. The zero-order valence-electron chi connectivity index (χ0n) is 20.9. The lowest BCUT2D eigenvalue weighted by atomic mass is 9.91. The van der Waals surface area contributed by atoms with E-state index in [4.69, 9.17) is 5.73 Å². The Kier molecular flexibility index (Phi) is 8.24. The van der Waals surface area contributed by atoms with Crippen LogP contribution >= 0.6 is 0 Å². The van der Waals surface area contributed by atoms with Crippen molar-refractivity contribution in [2.75, 3.05) is 13.6 Å². The van der Waals surface area contributed by atoms with Gasteiger partial charge in [0.05, 0.1) is 0 Å². The molecule has 2 amide bonds. The fourth-order valence-corrected chi connectivity index (χ4v) is 5.29. The summed E-state index contributed by atoms with van der Waals surface area (Å²) in [6.07, 6.45) is 7.89. The molecule has 2 atom stereocenters. The van der Waals surface area contributed by atoms with Crippen molar-refractivity contribution in [1.82, 2.24) is 15.2 Å². The second kappa shape index (κ2) is 11.5. The van der Waals surface area contributed by atoms with Crippen LogP contribution in [0.25, 0.3) is 10.9 Å². The number of hydrogen-bond donors (Lipinski definition) is 3. The highest BCUT2D eigenvalue weighted by Crippen LogP contribution is 2.30. The maximum Gasteiger partial charge on any atom is 0.245 e. The quantitative estimate of drug-likeness (QED) is 0.362. The normalized spacial score (nSPS) is 15.1. The number of nitrogens with one attached hydrogen (secondary N) is 2. The Morgan fingerprint density at radius 2 is 1.69 bits per heavy atom. The molecule has 6 nitrogen and oxygen atoms in total. The number of likely N-dealkylation sites (N-methyl/N-ethyl adjacent to an activating group) is 1. The molecule has 1 heterocycles. The number of para-hydroxylation sites is 1. The SMILES string of the molecule is CC(c1c[nH]c2ccccc12)C(NC(=O)CCCCCCN)C(=O)N(C)C1Cc2ccccc2C1. The molecule has 35 heavy (non-hydrogen) atoms. The molecule has 0 aliphatic heterocycles. The summed E-state index contributed by atoms with van der Waals surface area (Å²) in [6.45, 7) is 2.72. The van der Waals surface area contributed by atoms with Gasteiger partial charge in [-0.25, -0.2) is 0 Å². The second-order valence-corrected chi connectivity index (χ2v) is 9.86. The van der Waals surface area contributed by atoms with Gasteiger partial charge >= 0.3 is 0 Å². The molecule has 0 saturated heterocycles. The maximum atomic E-state index is 13.9. The van der Waals surface area contributed by atoms with Gasteiger partial charge in [0, 0.05) is 42.5 Å². The zero-order valence-corrected chi connectivity index (χ0v) is 20.9. The molecule has 2 unspecified atom stereocenters. The first kappa shape index (κ1) is 25.0. The molecule has 0 spiro atoms. The van der Waals surface area contributed by atoms with Gasteiger partial charge in [-0.2, -0.15) is 0 Å². The first-order chi connectivity index (χ1) is 17.0. The lowest BCUT2D eigenvalue weighted by Crippen LogP contribution is -2.52. The Balaban J connectivity index is 1.51. The Hall–Kier alpha value is -3.12. The summed E-state index contributed by atoms with van der Waals surface area (Å²) in [5, 5.41) is 4.20. The topological polar surface area (TPSA) is 91.2 Å². The number of aromatic amines is 1. The highest BCUT2D eigenvalue weighted by atomic mass is 16.2. The van der Waals surface area contributed by atoms with Crippen molar-refractivity contribution < 1.29 is 9.59 Å². The molecule has 3 aromatic rings. The minimum absolute atomic E-state index is 0.0305. The van der Waals surface area contributed by atoms with E-state index in [0.717, 1.165) is 55.0 Å². The van der Waals surface area contributed by atoms with E-state index in [2.05, 4.69) is 40.6 Å². The van der Waals surface area contributed by atoms with Crippen LogP contribution < -0.4 is 11.1 Å². The first-order valence-corrected chi connectivity index (χ1v) is 12.9. The number of aromatic nitrogens is 1. The number of unbranched alkanes of at least 4 members (excludes halogenated alkanes) is 3. The molecule has 0 radical (unpaired) electrons. The van der Waals surface area contributed by atoms with Gasteiger partial charge in [0.2, 0.25) is 11.8 Å². The van der Waals surface area contributed by atoms with Crippen molar-refractivity contribution in [2.24, 2.45) is 5.73 Å². The van der Waals surface area contributed by atoms with Crippen LogP contribution in [0.15, 0.2) is 54.7 Å². The lowest BCUT2D eigenvalue weighted by Gasteiger charge is -2.32. The standard InChI is InChI=1S/C29H38N4O2/c1-20(25-19-31-26-14-9-8-13-24(25)26)28(32-27(34)15-5-3-4-10-16-30)29(35)33(2)23-17-21-11-6-7-12-22(21)18-23/h6-9,11-14,19-20,23,28,31H,3-5,10,15-18,30H2,1-2H3,(H,32,34). The van der Waals surface area contributed by atoms with E-state index >= 15 is 0 Å². The van der Waals surface area contributed by atoms with Gasteiger partial charge in [-0.3, -0.25) is 9.59 Å². The van der Waals surface area contributed by atoms with Gasteiger partial charge in [0.25, 0.3) is 0 Å². The van der Waals surface area contributed by atoms with E-state index in [1.54, 1.807) is 0 Å². The van der Waals surface area contributed by atoms with Gasteiger partial charge in [0.1, 0.15) is 6.04 Å². The van der Waals surface area contributed by atoms with Gasteiger partial charge in [-0.05, 0) is 55.0 Å². The van der Waals surface area contributed by atoms with Crippen molar-refractivity contribution in [1.29, 1.82) is 0 Å². The van der Waals surface area contributed by atoms with Crippen LogP contribution in [0.1, 0.15) is 61.6 Å². The number of nitrogens with zero attached hydrogens (tertiary/aromatic N) is 1. The van der Waals surface area contributed by atoms with Crippen LogP contribution in [0.5, 0.6) is 0 Å². The highest BCUT2D eigenvalue weighted by molar-refractivity contribution is 5.90. The molecular formula is C29H38N4O2. The predicted molar refractivity (Wildman–Crippen MR) is 141 cm³/mol. The van der Waals surface area contributed by atoms with Crippen LogP contribution in [0.4, 0.5) is 0 Å². The van der Waals surface area contributed by atoms with Crippen LogP contribution in [0.3, 0.4) is 0 Å². The van der Waals surface area contributed by atoms with Crippen LogP contribution in [-0.4, -0.2) is 47.4 Å². The van der Waals surface area contributed by atoms with Gasteiger partial charge in [-0.1, -0.05) is 62.2 Å². The van der Waals surface area contributed by atoms with E-state index < -0.39 is 6.04 Å². The molecule has 4 rings (SSSR count). The average molecular weight is 475 g/mol. The van der Waals surface area contributed by atoms with Crippen molar-refractivity contribution in [2.45, 2.75) is 69.9 Å². The van der Waals surface area contributed by atoms with E-state index in [1.165, 1.54) is 11.1 Å². The van der Waals surface area contributed by atoms with Crippen LogP contribution in [0.2, 0.25) is 0 Å². The first-order valence-electron chi connectivity index (χ1n) is 12.9. The number of hydrogen-bond acceptors (Lipinski definition) is 3. The predicted octanol–water partition coefficient (Wildman–Crippen LogP) is 4.29. The summed E-state index contributed by atoms with van der Waals surface area (Å²) in [5.74, 6) is -0.269. The number of rotatable bonds is 11. The van der Waals surface area contributed by atoms with Crippen LogP contribution in [0, 0.1) is 0 Å². The van der Waals surface area contributed by atoms with Crippen molar-refractivity contribution in [3.8, 4) is 0 Å². The number of amides is 2. The maximum absolute atomic E-state index is 13.9. The molecular weight excluding hydrogens is 436 g/mol. The van der Waals surface area contributed by atoms with Gasteiger partial charge < -0.3 is 20.9 Å². The third-order valence-electron chi connectivity index (χ3n) is 7.48. The number of H-pyrrole nitrogens is 1. The molecule has 2 aromatic carbocycles. The largest absolute Gasteiger partial charge is 0.361 e. The molecule has 0 bridgehead atoms. The molecule has 1 aliphatic carbocycles. The zero-order chi connectivity index (χ0) is 24.8. The number of fused-ring (bicyclic) bond motifs is 2. The molecule has 4 N–H and O–H groups in total. The molecule has 0 saturated carbocycles. The minimum atomic E-state index is -0.625. The Bertz CT molecular complexity index is 1130. The van der Waals surface area contributed by atoms with Gasteiger partial charge in [0.15, 0.2) is 0 Å². The number of benzene rings is 2. The van der Waals surface area contributed by atoms with Crippen molar-refractivity contribution in [3.05, 3.63) is 71.4 Å². The van der Waals surface area contributed by atoms with Crippen LogP contribution in [-0.2, 0) is 22.4 Å². The third-order valence-corrected chi connectivity index (χ3v) is 7.48. The summed E-state index contributed by atoms with van der Waals surface area (Å²) in [5.41, 5.74) is 10.3. The number of carbonyl (C=O) groups excluding carboxylic acids is 2. The number of nitrogens with two attached hydrogens (primary N) is 1. The van der Waals surface area contributed by atoms with E-state index in [9.17, 15) is 9.59 Å². The van der Waals surface area contributed by atoms with Crippen molar-refractivity contribution >= 4 is 22.7 Å². The fraction of sp³-hybridized carbons (Fsp3) is 0.448. The molecule has 186 valence electrons. The smallest absolute Gasteiger partial charge is 0.245 e. The second-order valence-electron chi connectivity index (χ2n) is 9.86. The highest BCUT2D eigenvalue weighted by Gasteiger charge is 2.35. The van der Waals surface area contributed by atoms with E-state index in [1.807, 2.05) is 43.3 Å². The minimum Gasteiger partial charge on any atom is -0.361 e. The Morgan fingerprint density at radius 3 is 2.40 bits per heavy atom. The molecule has 1 aromatic heterocycles. The third kappa shape index (κ3) is 5.76. The summed E-state index contributed by atoms with van der Waals surface area (Å²) >= 11 is 0. The molecule has 6 heteroatoms. The van der Waals surface area contributed by atoms with E-state index in [-0.39, 0.29) is 23.8 Å². The lowest BCUT2D eigenvalue weighted by molar-refractivity contribution is -0.137. The summed E-state index contributed by atoms with van der Waals surface area (Å²) < 4.78 is 0. The summed E-state index contributed by atoms with van der Waals surface area (Å²) in [7, 11) is 1.88. The van der Waals surface area contributed by atoms with E-state index in [0.29, 0.717) is 13.0 Å². The number of carbonyl (C=O) groups is 2. The van der Waals surface area contributed by atoms with Crippen molar-refractivity contribution in [3.63, 3.8) is 0 Å².